The summed E-state index contributed by atoms with van der Waals surface area (Å²) in [6.45, 7) is 10.9. The van der Waals surface area contributed by atoms with Gasteiger partial charge in [-0.3, -0.25) is 9.69 Å². The Hall–Kier alpha value is -2.34. The first-order valence-electron chi connectivity index (χ1n) is 10.9. The van der Waals surface area contributed by atoms with Crippen molar-refractivity contribution in [2.24, 2.45) is 0 Å². The fourth-order valence-corrected chi connectivity index (χ4v) is 5.22. The van der Waals surface area contributed by atoms with Crippen molar-refractivity contribution < 1.29 is 9.53 Å². The van der Waals surface area contributed by atoms with Crippen molar-refractivity contribution in [1.82, 2.24) is 9.80 Å². The maximum absolute atomic E-state index is 13.0. The van der Waals surface area contributed by atoms with Crippen LogP contribution in [0.1, 0.15) is 37.5 Å². The SMILES string of the molecule is Cc1cc(C)c(OCc2csc(C(=O)N3CCN(Cc4ccc(Cl)cc4)CC3)c2)c(C)c1. The van der Waals surface area contributed by atoms with Crippen molar-refractivity contribution in [3.05, 3.63) is 85.6 Å². The number of thiophene rings is 1. The number of hydrogen-bond donors (Lipinski definition) is 0. The van der Waals surface area contributed by atoms with Crippen LogP contribution in [0.3, 0.4) is 0 Å². The predicted molar refractivity (Wildman–Crippen MR) is 132 cm³/mol. The molecule has 1 aliphatic rings. The van der Waals surface area contributed by atoms with Crippen LogP contribution in [0.4, 0.5) is 0 Å². The van der Waals surface area contributed by atoms with Gasteiger partial charge in [0.25, 0.3) is 5.91 Å². The topological polar surface area (TPSA) is 32.8 Å². The lowest BCUT2D eigenvalue weighted by molar-refractivity contribution is 0.0633. The first kappa shape index (κ1) is 22.8. The number of aryl methyl sites for hydroxylation is 3. The number of piperazine rings is 1. The summed E-state index contributed by atoms with van der Waals surface area (Å²) in [7, 11) is 0. The Morgan fingerprint density at radius 2 is 1.62 bits per heavy atom. The van der Waals surface area contributed by atoms with Gasteiger partial charge in [0.2, 0.25) is 0 Å². The highest BCUT2D eigenvalue weighted by atomic mass is 35.5. The van der Waals surface area contributed by atoms with Crippen LogP contribution in [0.2, 0.25) is 5.02 Å². The molecule has 0 atom stereocenters. The van der Waals surface area contributed by atoms with Gasteiger partial charge in [-0.15, -0.1) is 11.3 Å². The van der Waals surface area contributed by atoms with E-state index in [1.165, 1.54) is 22.5 Å². The lowest BCUT2D eigenvalue weighted by Gasteiger charge is -2.34. The predicted octanol–water partition coefficient (Wildman–Crippen LogP) is 5.86. The summed E-state index contributed by atoms with van der Waals surface area (Å²) in [4.78, 5) is 18.1. The second kappa shape index (κ2) is 10.1. The molecule has 0 radical (unpaired) electrons. The average molecular weight is 469 g/mol. The Kier molecular flexibility index (Phi) is 7.19. The van der Waals surface area contributed by atoms with Crippen LogP contribution < -0.4 is 4.74 Å². The molecule has 168 valence electrons. The Morgan fingerprint density at radius 1 is 0.969 bits per heavy atom. The van der Waals surface area contributed by atoms with E-state index < -0.39 is 0 Å². The summed E-state index contributed by atoms with van der Waals surface area (Å²) in [5, 5.41) is 2.79. The first-order valence-corrected chi connectivity index (χ1v) is 12.2. The van der Waals surface area contributed by atoms with Crippen LogP contribution in [0, 0.1) is 20.8 Å². The minimum atomic E-state index is 0.120. The molecule has 3 aromatic rings. The van der Waals surface area contributed by atoms with Gasteiger partial charge >= 0.3 is 0 Å². The molecule has 1 fully saturated rings. The summed E-state index contributed by atoms with van der Waals surface area (Å²) in [6.07, 6.45) is 0. The third-order valence-electron chi connectivity index (χ3n) is 5.83. The van der Waals surface area contributed by atoms with Gasteiger partial charge in [0.1, 0.15) is 12.4 Å². The van der Waals surface area contributed by atoms with E-state index in [1.807, 2.05) is 28.5 Å². The number of rotatable bonds is 6. The van der Waals surface area contributed by atoms with Gasteiger partial charge in [-0.25, -0.2) is 0 Å². The van der Waals surface area contributed by atoms with Crippen LogP contribution in [0.15, 0.2) is 47.8 Å². The molecule has 0 aliphatic carbocycles. The van der Waals surface area contributed by atoms with Crippen molar-refractivity contribution in [2.75, 3.05) is 26.2 Å². The van der Waals surface area contributed by atoms with E-state index in [0.29, 0.717) is 6.61 Å². The number of carbonyl (C=O) groups excluding carboxylic acids is 1. The molecule has 0 unspecified atom stereocenters. The number of nitrogens with zero attached hydrogens (tertiary/aromatic N) is 2. The number of benzene rings is 2. The normalized spacial score (nSPS) is 14.6. The average Bonchev–Trinajstić information content (AvgIpc) is 3.24. The molecule has 1 saturated heterocycles. The van der Waals surface area contributed by atoms with E-state index in [1.54, 1.807) is 0 Å². The second-order valence-electron chi connectivity index (χ2n) is 8.53. The smallest absolute Gasteiger partial charge is 0.264 e. The van der Waals surface area contributed by atoms with E-state index in [2.05, 4.69) is 49.9 Å². The van der Waals surface area contributed by atoms with Crippen molar-refractivity contribution in [3.63, 3.8) is 0 Å². The molecule has 0 saturated carbocycles. The maximum Gasteiger partial charge on any atom is 0.264 e. The number of amides is 1. The molecular formula is C26H29ClN2O2S. The molecule has 1 aromatic heterocycles. The highest BCUT2D eigenvalue weighted by Crippen LogP contribution is 2.26. The first-order chi connectivity index (χ1) is 15.4. The van der Waals surface area contributed by atoms with Crippen molar-refractivity contribution in [3.8, 4) is 5.75 Å². The fourth-order valence-electron chi connectivity index (χ4n) is 4.23. The van der Waals surface area contributed by atoms with Crippen molar-refractivity contribution in [2.45, 2.75) is 33.9 Å². The largest absolute Gasteiger partial charge is 0.488 e. The summed E-state index contributed by atoms with van der Waals surface area (Å²) in [6, 6.07) is 14.2. The van der Waals surface area contributed by atoms with Crippen LogP contribution >= 0.6 is 22.9 Å². The highest BCUT2D eigenvalue weighted by molar-refractivity contribution is 7.12. The zero-order valence-electron chi connectivity index (χ0n) is 18.9. The van der Waals surface area contributed by atoms with Crippen LogP contribution in [-0.2, 0) is 13.2 Å². The van der Waals surface area contributed by atoms with Crippen molar-refractivity contribution >= 4 is 28.8 Å². The van der Waals surface area contributed by atoms with Gasteiger partial charge in [0.05, 0.1) is 4.88 Å². The summed E-state index contributed by atoms with van der Waals surface area (Å²) >= 11 is 7.48. The Bertz CT molecular complexity index is 1060. The molecule has 1 aliphatic heterocycles. The third kappa shape index (κ3) is 5.52. The van der Waals surface area contributed by atoms with Crippen LogP contribution in [0.5, 0.6) is 5.75 Å². The molecule has 1 amide bonds. The summed E-state index contributed by atoms with van der Waals surface area (Å²) in [5.74, 6) is 1.06. The zero-order valence-corrected chi connectivity index (χ0v) is 20.4. The lowest BCUT2D eigenvalue weighted by atomic mass is 10.1. The van der Waals surface area contributed by atoms with Gasteiger partial charge in [0, 0.05) is 43.3 Å². The second-order valence-corrected chi connectivity index (χ2v) is 9.88. The Balaban J connectivity index is 1.30. The summed E-state index contributed by atoms with van der Waals surface area (Å²) in [5.41, 5.74) is 5.82. The monoisotopic (exact) mass is 468 g/mol. The van der Waals surface area contributed by atoms with Crippen LogP contribution in [-0.4, -0.2) is 41.9 Å². The Labute approximate surface area is 199 Å². The number of ether oxygens (including phenoxy) is 1. The lowest BCUT2D eigenvalue weighted by Crippen LogP contribution is -2.48. The fraction of sp³-hybridized carbons (Fsp3) is 0.346. The Morgan fingerprint density at radius 3 is 2.28 bits per heavy atom. The van der Waals surface area contributed by atoms with Crippen LogP contribution in [0.25, 0.3) is 0 Å². The number of halogens is 1. The minimum absolute atomic E-state index is 0.120. The van der Waals surface area contributed by atoms with Gasteiger partial charge in [-0.05, 0) is 61.0 Å². The molecular weight excluding hydrogens is 440 g/mol. The quantitative estimate of drug-likeness (QED) is 0.454. The zero-order chi connectivity index (χ0) is 22.7. The van der Waals surface area contributed by atoms with E-state index in [4.69, 9.17) is 16.3 Å². The summed E-state index contributed by atoms with van der Waals surface area (Å²) < 4.78 is 6.09. The molecule has 32 heavy (non-hydrogen) atoms. The highest BCUT2D eigenvalue weighted by Gasteiger charge is 2.23. The molecule has 0 bridgehead atoms. The molecule has 4 nitrogen and oxygen atoms in total. The maximum atomic E-state index is 13.0. The standard InChI is InChI=1S/C26H29ClN2O2S/c1-18-12-19(2)25(20(3)13-18)31-16-22-14-24(32-17-22)26(30)29-10-8-28(9-11-29)15-21-4-6-23(27)7-5-21/h4-7,12-14,17H,8-11,15-16H2,1-3H3. The van der Waals surface area contributed by atoms with Gasteiger partial charge in [0.15, 0.2) is 0 Å². The van der Waals surface area contributed by atoms with Gasteiger partial charge in [-0.2, -0.15) is 0 Å². The number of hydrogen-bond acceptors (Lipinski definition) is 4. The van der Waals surface area contributed by atoms with Gasteiger partial charge < -0.3 is 9.64 Å². The van der Waals surface area contributed by atoms with E-state index in [9.17, 15) is 4.79 Å². The molecule has 6 heteroatoms. The number of carbonyl (C=O) groups is 1. The van der Waals surface area contributed by atoms with Gasteiger partial charge in [-0.1, -0.05) is 41.4 Å². The van der Waals surface area contributed by atoms with E-state index >= 15 is 0 Å². The molecule has 0 spiro atoms. The minimum Gasteiger partial charge on any atom is -0.488 e. The third-order valence-corrected chi connectivity index (χ3v) is 7.05. The van der Waals surface area contributed by atoms with E-state index in [-0.39, 0.29) is 5.91 Å². The molecule has 2 heterocycles. The molecule has 2 aromatic carbocycles. The molecule has 4 rings (SSSR count). The molecule has 0 N–H and O–H groups in total. The van der Waals surface area contributed by atoms with E-state index in [0.717, 1.165) is 65.1 Å². The van der Waals surface area contributed by atoms with Crippen molar-refractivity contribution in [1.29, 1.82) is 0 Å².